The molecule has 0 bridgehead atoms. The van der Waals surface area contributed by atoms with Crippen molar-refractivity contribution in [1.82, 2.24) is 4.31 Å². The molecule has 0 atom stereocenters. The molecular weight excluding hydrogens is 289 g/mol. The maximum Gasteiger partial charge on any atom is 0.246 e. The first-order chi connectivity index (χ1) is 9.05. The topological polar surface area (TPSA) is 57.6 Å². The van der Waals surface area contributed by atoms with Gasteiger partial charge in [-0.2, -0.15) is 16.1 Å². The van der Waals surface area contributed by atoms with E-state index >= 15 is 0 Å². The molecule has 0 saturated carbocycles. The van der Waals surface area contributed by atoms with Gasteiger partial charge in [0, 0.05) is 18.8 Å². The van der Waals surface area contributed by atoms with E-state index in [4.69, 9.17) is 5.11 Å². The number of rotatable bonds is 3. The van der Waals surface area contributed by atoms with E-state index in [2.05, 4.69) is 0 Å². The lowest BCUT2D eigenvalue weighted by atomic mass is 10.2. The minimum absolute atomic E-state index is 0.307. The number of hydrogen-bond acceptors (Lipinski definition) is 4. The van der Waals surface area contributed by atoms with Crippen LogP contribution in [0.4, 0.5) is 4.39 Å². The van der Waals surface area contributed by atoms with Gasteiger partial charge < -0.3 is 5.11 Å². The maximum atomic E-state index is 13.8. The molecule has 1 saturated heterocycles. The standard InChI is InChI=1S/C12H16FNO3S2/c13-11-3-2-10(9-15)8-12(11)19(16,17)14-4-1-6-18-7-5-14/h2-3,8,15H,1,4-7,9H2. The molecule has 1 heterocycles. The van der Waals surface area contributed by atoms with Crippen LogP contribution in [0.2, 0.25) is 0 Å². The third-order valence-corrected chi connectivity index (χ3v) is 5.94. The monoisotopic (exact) mass is 305 g/mol. The van der Waals surface area contributed by atoms with E-state index in [1.54, 1.807) is 11.8 Å². The molecule has 19 heavy (non-hydrogen) atoms. The maximum absolute atomic E-state index is 13.8. The van der Waals surface area contributed by atoms with Crippen LogP contribution in [0, 0.1) is 5.82 Å². The summed E-state index contributed by atoms with van der Waals surface area (Å²) in [6, 6.07) is 3.68. The summed E-state index contributed by atoms with van der Waals surface area (Å²) in [6.07, 6.45) is 0.769. The number of aliphatic hydroxyl groups is 1. The van der Waals surface area contributed by atoms with Gasteiger partial charge >= 0.3 is 0 Å². The van der Waals surface area contributed by atoms with Crippen molar-refractivity contribution < 1.29 is 17.9 Å². The number of aliphatic hydroxyl groups excluding tert-OH is 1. The number of nitrogens with zero attached hydrogens (tertiary/aromatic N) is 1. The quantitative estimate of drug-likeness (QED) is 0.918. The summed E-state index contributed by atoms with van der Waals surface area (Å²) >= 11 is 1.70. The van der Waals surface area contributed by atoms with Gasteiger partial charge in [-0.25, -0.2) is 12.8 Å². The predicted octanol–water partition coefficient (Wildman–Crippen LogP) is 1.45. The lowest BCUT2D eigenvalue weighted by Crippen LogP contribution is -2.33. The average Bonchev–Trinajstić information content (AvgIpc) is 2.68. The van der Waals surface area contributed by atoms with Crippen molar-refractivity contribution in [3.63, 3.8) is 0 Å². The fourth-order valence-electron chi connectivity index (χ4n) is 1.95. The fraction of sp³-hybridized carbons (Fsp3) is 0.500. The minimum Gasteiger partial charge on any atom is -0.392 e. The van der Waals surface area contributed by atoms with E-state index in [-0.39, 0.29) is 11.5 Å². The van der Waals surface area contributed by atoms with Gasteiger partial charge in [0.25, 0.3) is 0 Å². The van der Waals surface area contributed by atoms with Gasteiger partial charge in [0.1, 0.15) is 10.7 Å². The molecule has 0 aromatic heterocycles. The second kappa shape index (κ2) is 6.21. The molecule has 1 aromatic rings. The summed E-state index contributed by atoms with van der Waals surface area (Å²) in [6.45, 7) is 0.507. The average molecular weight is 305 g/mol. The Labute approximate surface area is 116 Å². The third kappa shape index (κ3) is 3.28. The molecule has 7 heteroatoms. The van der Waals surface area contributed by atoms with Gasteiger partial charge in [-0.1, -0.05) is 6.07 Å². The molecule has 1 aliphatic rings. The van der Waals surface area contributed by atoms with E-state index < -0.39 is 15.8 Å². The second-order valence-electron chi connectivity index (χ2n) is 4.29. The van der Waals surface area contributed by atoms with Crippen molar-refractivity contribution in [2.45, 2.75) is 17.9 Å². The van der Waals surface area contributed by atoms with Crippen molar-refractivity contribution in [2.24, 2.45) is 0 Å². The molecule has 0 radical (unpaired) electrons. The smallest absolute Gasteiger partial charge is 0.246 e. The van der Waals surface area contributed by atoms with Crippen LogP contribution in [0.15, 0.2) is 23.1 Å². The highest BCUT2D eigenvalue weighted by Crippen LogP contribution is 2.23. The van der Waals surface area contributed by atoms with Crippen LogP contribution in [0.25, 0.3) is 0 Å². The molecule has 4 nitrogen and oxygen atoms in total. The van der Waals surface area contributed by atoms with Gasteiger partial charge in [0.15, 0.2) is 0 Å². The molecule has 0 aliphatic carbocycles. The first kappa shape index (κ1) is 14.8. The van der Waals surface area contributed by atoms with Gasteiger partial charge in [0.2, 0.25) is 10.0 Å². The van der Waals surface area contributed by atoms with E-state index in [0.29, 0.717) is 18.7 Å². The Morgan fingerprint density at radius 2 is 2.11 bits per heavy atom. The Bertz CT molecular complexity index is 540. The minimum atomic E-state index is -3.81. The summed E-state index contributed by atoms with van der Waals surface area (Å²) in [5, 5.41) is 9.04. The lowest BCUT2D eigenvalue weighted by molar-refractivity contribution is 0.281. The second-order valence-corrected chi connectivity index (χ2v) is 7.42. The van der Waals surface area contributed by atoms with Crippen LogP contribution in [0.1, 0.15) is 12.0 Å². The summed E-state index contributed by atoms with van der Waals surface area (Å²) in [4.78, 5) is -0.342. The van der Waals surface area contributed by atoms with Gasteiger partial charge in [-0.05, 0) is 29.9 Å². The summed E-state index contributed by atoms with van der Waals surface area (Å²) in [5.74, 6) is 0.875. The van der Waals surface area contributed by atoms with E-state index in [1.165, 1.54) is 16.4 Å². The highest BCUT2D eigenvalue weighted by atomic mass is 32.2. The van der Waals surface area contributed by atoms with E-state index in [1.807, 2.05) is 0 Å². The Morgan fingerprint density at radius 3 is 2.84 bits per heavy atom. The van der Waals surface area contributed by atoms with Crippen molar-refractivity contribution in [1.29, 1.82) is 0 Å². The Hall–Kier alpha value is -0.630. The molecule has 0 amide bonds. The van der Waals surface area contributed by atoms with Gasteiger partial charge in [0.05, 0.1) is 6.61 Å². The summed E-state index contributed by atoms with van der Waals surface area (Å²) < 4.78 is 39.9. The van der Waals surface area contributed by atoms with Crippen LogP contribution in [0.5, 0.6) is 0 Å². The van der Waals surface area contributed by atoms with Crippen molar-refractivity contribution in [3.05, 3.63) is 29.6 Å². The van der Waals surface area contributed by atoms with E-state index in [9.17, 15) is 12.8 Å². The Morgan fingerprint density at radius 1 is 1.32 bits per heavy atom. The molecule has 1 aliphatic heterocycles. The fourth-order valence-corrected chi connectivity index (χ4v) is 4.54. The number of thioether (sulfide) groups is 1. The van der Waals surface area contributed by atoms with Crippen LogP contribution < -0.4 is 0 Å². The molecule has 1 aromatic carbocycles. The first-order valence-electron chi connectivity index (χ1n) is 6.03. The molecule has 106 valence electrons. The normalized spacial score (nSPS) is 18.2. The summed E-state index contributed by atoms with van der Waals surface area (Å²) in [7, 11) is -3.81. The number of benzene rings is 1. The van der Waals surface area contributed by atoms with Crippen molar-refractivity contribution in [2.75, 3.05) is 24.6 Å². The van der Waals surface area contributed by atoms with Crippen LogP contribution >= 0.6 is 11.8 Å². The third-order valence-electron chi connectivity index (χ3n) is 2.98. The zero-order valence-corrected chi connectivity index (χ0v) is 12.0. The highest BCUT2D eigenvalue weighted by Gasteiger charge is 2.28. The Balaban J connectivity index is 2.37. The van der Waals surface area contributed by atoms with Crippen LogP contribution in [-0.4, -0.2) is 42.4 Å². The molecule has 2 rings (SSSR count). The number of sulfonamides is 1. The molecule has 0 spiro atoms. The number of halogens is 1. The Kier molecular flexibility index (Phi) is 4.83. The molecular formula is C12H16FNO3S2. The largest absolute Gasteiger partial charge is 0.392 e. The SMILES string of the molecule is O=S(=O)(c1cc(CO)ccc1F)N1CCCSCC1. The van der Waals surface area contributed by atoms with Crippen molar-refractivity contribution >= 4 is 21.8 Å². The van der Waals surface area contributed by atoms with E-state index in [0.717, 1.165) is 24.0 Å². The van der Waals surface area contributed by atoms with Gasteiger partial charge in [-0.15, -0.1) is 0 Å². The first-order valence-corrected chi connectivity index (χ1v) is 8.62. The predicted molar refractivity (Wildman–Crippen MR) is 73.0 cm³/mol. The van der Waals surface area contributed by atoms with Crippen molar-refractivity contribution in [3.8, 4) is 0 Å². The van der Waals surface area contributed by atoms with Crippen LogP contribution in [-0.2, 0) is 16.6 Å². The van der Waals surface area contributed by atoms with Crippen LogP contribution in [0.3, 0.4) is 0 Å². The highest BCUT2D eigenvalue weighted by molar-refractivity contribution is 7.99. The number of hydrogen-bond donors (Lipinski definition) is 1. The zero-order chi connectivity index (χ0) is 13.9. The molecule has 1 fully saturated rings. The van der Waals surface area contributed by atoms with Gasteiger partial charge in [-0.3, -0.25) is 0 Å². The summed E-state index contributed by atoms with van der Waals surface area (Å²) in [5.41, 5.74) is 0.393. The zero-order valence-electron chi connectivity index (χ0n) is 10.4. The molecule has 0 unspecified atom stereocenters. The lowest BCUT2D eigenvalue weighted by Gasteiger charge is -2.20. The molecule has 1 N–H and O–H groups in total.